The quantitative estimate of drug-likeness (QED) is 0.773. The first kappa shape index (κ1) is 20.7. The Morgan fingerprint density at radius 2 is 1.72 bits per heavy atom. The molecule has 154 valence electrons. The first-order valence-electron chi connectivity index (χ1n) is 8.94. The van der Waals surface area contributed by atoms with Crippen LogP contribution in [0.3, 0.4) is 0 Å². The fraction of sp³-hybridized carbons (Fsp3) is 0.300. The SMILES string of the molecule is COc1ccc(NC(=O)C2CCC(=O)N2S(=O)(=O)c2ccc(C)cc2)cc1OC. The normalized spacial score (nSPS) is 16.6. The topological polar surface area (TPSA) is 102 Å². The van der Waals surface area contributed by atoms with Crippen LogP contribution in [-0.2, 0) is 19.6 Å². The van der Waals surface area contributed by atoms with Crippen LogP contribution in [0.25, 0.3) is 0 Å². The van der Waals surface area contributed by atoms with Crippen molar-refractivity contribution in [2.45, 2.75) is 30.7 Å². The number of carbonyl (C=O) groups is 2. The van der Waals surface area contributed by atoms with Crippen molar-refractivity contribution in [1.29, 1.82) is 0 Å². The lowest BCUT2D eigenvalue weighted by Crippen LogP contribution is -2.45. The van der Waals surface area contributed by atoms with E-state index in [0.717, 1.165) is 5.56 Å². The van der Waals surface area contributed by atoms with Crippen LogP contribution in [-0.4, -0.2) is 44.8 Å². The van der Waals surface area contributed by atoms with Crippen molar-refractivity contribution in [1.82, 2.24) is 4.31 Å². The van der Waals surface area contributed by atoms with E-state index in [0.29, 0.717) is 21.5 Å². The maximum Gasteiger partial charge on any atom is 0.267 e. The smallest absolute Gasteiger partial charge is 0.267 e. The summed E-state index contributed by atoms with van der Waals surface area (Å²) in [5.41, 5.74) is 1.29. The first-order valence-corrected chi connectivity index (χ1v) is 10.4. The number of anilines is 1. The van der Waals surface area contributed by atoms with E-state index >= 15 is 0 Å². The number of hydrogen-bond acceptors (Lipinski definition) is 6. The molecule has 1 N–H and O–H groups in total. The summed E-state index contributed by atoms with van der Waals surface area (Å²) in [5.74, 6) is -0.279. The molecule has 2 amide bonds. The van der Waals surface area contributed by atoms with Gasteiger partial charge < -0.3 is 14.8 Å². The minimum absolute atomic E-state index is 0.0187. The van der Waals surface area contributed by atoms with Crippen molar-refractivity contribution in [2.75, 3.05) is 19.5 Å². The molecule has 0 aromatic heterocycles. The van der Waals surface area contributed by atoms with Crippen LogP contribution >= 0.6 is 0 Å². The van der Waals surface area contributed by atoms with E-state index < -0.39 is 27.9 Å². The van der Waals surface area contributed by atoms with Gasteiger partial charge in [0.2, 0.25) is 11.8 Å². The molecule has 0 spiro atoms. The van der Waals surface area contributed by atoms with Crippen molar-refractivity contribution in [2.24, 2.45) is 0 Å². The van der Waals surface area contributed by atoms with Crippen LogP contribution in [0.1, 0.15) is 18.4 Å². The predicted molar refractivity (Wildman–Crippen MR) is 106 cm³/mol. The van der Waals surface area contributed by atoms with Crippen molar-refractivity contribution >= 4 is 27.5 Å². The number of carbonyl (C=O) groups excluding carboxylic acids is 2. The minimum atomic E-state index is -4.14. The Balaban J connectivity index is 1.86. The van der Waals surface area contributed by atoms with Gasteiger partial charge in [0.05, 0.1) is 19.1 Å². The summed E-state index contributed by atoms with van der Waals surface area (Å²) in [6, 6.07) is 9.81. The van der Waals surface area contributed by atoms with E-state index in [1.54, 1.807) is 30.3 Å². The maximum absolute atomic E-state index is 13.0. The van der Waals surface area contributed by atoms with Crippen LogP contribution in [0, 0.1) is 6.92 Å². The monoisotopic (exact) mass is 418 g/mol. The van der Waals surface area contributed by atoms with Gasteiger partial charge in [0.1, 0.15) is 6.04 Å². The number of methoxy groups -OCH3 is 2. The van der Waals surface area contributed by atoms with E-state index in [4.69, 9.17) is 9.47 Å². The van der Waals surface area contributed by atoms with Crippen LogP contribution in [0.15, 0.2) is 47.4 Å². The summed E-state index contributed by atoms with van der Waals surface area (Å²) in [6.07, 6.45) is 0.0954. The molecular formula is C20H22N2O6S. The third-order valence-electron chi connectivity index (χ3n) is 4.69. The molecular weight excluding hydrogens is 396 g/mol. The number of rotatable bonds is 6. The van der Waals surface area contributed by atoms with Gasteiger partial charge in [-0.25, -0.2) is 12.7 Å². The molecule has 0 bridgehead atoms. The summed E-state index contributed by atoms with van der Waals surface area (Å²) in [6.45, 7) is 1.83. The standard InChI is InChI=1S/C20H22N2O6S/c1-13-4-7-15(8-5-13)29(25,26)22-16(9-11-19(22)23)20(24)21-14-6-10-17(27-2)18(12-14)28-3/h4-8,10,12,16H,9,11H2,1-3H3,(H,21,24). The van der Waals surface area contributed by atoms with E-state index in [-0.39, 0.29) is 17.7 Å². The minimum Gasteiger partial charge on any atom is -0.493 e. The van der Waals surface area contributed by atoms with Gasteiger partial charge in [-0.05, 0) is 37.6 Å². The highest BCUT2D eigenvalue weighted by Crippen LogP contribution is 2.31. The molecule has 2 aromatic carbocycles. The second-order valence-electron chi connectivity index (χ2n) is 6.62. The van der Waals surface area contributed by atoms with Gasteiger partial charge in [-0.2, -0.15) is 0 Å². The molecule has 0 radical (unpaired) electrons. The average molecular weight is 418 g/mol. The molecule has 0 saturated carbocycles. The summed E-state index contributed by atoms with van der Waals surface area (Å²) < 4.78 is 37.0. The zero-order valence-corrected chi connectivity index (χ0v) is 17.2. The molecule has 1 atom stereocenters. The number of aryl methyl sites for hydroxylation is 1. The largest absolute Gasteiger partial charge is 0.493 e. The summed E-state index contributed by atoms with van der Waals surface area (Å²) in [5, 5.41) is 2.66. The van der Waals surface area contributed by atoms with Crippen LogP contribution in [0.4, 0.5) is 5.69 Å². The lowest BCUT2D eigenvalue weighted by Gasteiger charge is -2.24. The molecule has 1 heterocycles. The lowest BCUT2D eigenvalue weighted by atomic mass is 10.2. The van der Waals surface area contributed by atoms with Crippen molar-refractivity contribution < 1.29 is 27.5 Å². The fourth-order valence-electron chi connectivity index (χ4n) is 3.16. The summed E-state index contributed by atoms with van der Waals surface area (Å²) in [7, 11) is -1.18. The number of amides is 2. The molecule has 1 unspecified atom stereocenters. The van der Waals surface area contributed by atoms with Gasteiger partial charge in [0.25, 0.3) is 10.0 Å². The van der Waals surface area contributed by atoms with Gasteiger partial charge in [0.15, 0.2) is 11.5 Å². The van der Waals surface area contributed by atoms with Crippen LogP contribution < -0.4 is 14.8 Å². The molecule has 1 saturated heterocycles. The Morgan fingerprint density at radius 3 is 2.34 bits per heavy atom. The van der Waals surface area contributed by atoms with Crippen molar-refractivity contribution in [3.05, 3.63) is 48.0 Å². The van der Waals surface area contributed by atoms with E-state index in [1.165, 1.54) is 26.4 Å². The van der Waals surface area contributed by atoms with Crippen LogP contribution in [0.2, 0.25) is 0 Å². The Morgan fingerprint density at radius 1 is 1.07 bits per heavy atom. The molecule has 2 aromatic rings. The predicted octanol–water partition coefficient (Wildman–Crippen LogP) is 2.33. The second-order valence-corrected chi connectivity index (χ2v) is 8.44. The first-order chi connectivity index (χ1) is 13.8. The number of ether oxygens (including phenoxy) is 2. The van der Waals surface area contributed by atoms with E-state index in [9.17, 15) is 18.0 Å². The van der Waals surface area contributed by atoms with Gasteiger partial charge in [-0.3, -0.25) is 9.59 Å². The van der Waals surface area contributed by atoms with Gasteiger partial charge >= 0.3 is 0 Å². The molecule has 1 aliphatic rings. The number of benzene rings is 2. The summed E-state index contributed by atoms with van der Waals surface area (Å²) >= 11 is 0. The molecule has 29 heavy (non-hydrogen) atoms. The van der Waals surface area contributed by atoms with Gasteiger partial charge in [-0.15, -0.1) is 0 Å². The molecule has 8 nitrogen and oxygen atoms in total. The van der Waals surface area contributed by atoms with Crippen molar-refractivity contribution in [3.8, 4) is 11.5 Å². The Hall–Kier alpha value is -3.07. The number of hydrogen-bond donors (Lipinski definition) is 1. The van der Waals surface area contributed by atoms with E-state index in [2.05, 4.69) is 5.32 Å². The maximum atomic E-state index is 13.0. The number of nitrogens with one attached hydrogen (secondary N) is 1. The molecule has 9 heteroatoms. The highest BCUT2D eigenvalue weighted by atomic mass is 32.2. The average Bonchev–Trinajstić information content (AvgIpc) is 3.10. The highest BCUT2D eigenvalue weighted by molar-refractivity contribution is 7.89. The second kappa shape index (κ2) is 8.12. The molecule has 1 aliphatic heterocycles. The zero-order valence-electron chi connectivity index (χ0n) is 16.3. The van der Waals surface area contributed by atoms with Crippen molar-refractivity contribution in [3.63, 3.8) is 0 Å². The lowest BCUT2D eigenvalue weighted by molar-refractivity contribution is -0.128. The third kappa shape index (κ3) is 4.04. The van der Waals surface area contributed by atoms with Gasteiger partial charge in [0, 0.05) is 18.2 Å². The van der Waals surface area contributed by atoms with Crippen LogP contribution in [0.5, 0.6) is 11.5 Å². The third-order valence-corrected chi connectivity index (χ3v) is 6.54. The Kier molecular flexibility index (Phi) is 5.78. The summed E-state index contributed by atoms with van der Waals surface area (Å²) in [4.78, 5) is 25.1. The fourth-order valence-corrected chi connectivity index (χ4v) is 4.77. The molecule has 3 rings (SSSR count). The molecule has 0 aliphatic carbocycles. The number of sulfonamides is 1. The Labute approximate surface area is 169 Å². The van der Waals surface area contributed by atoms with Gasteiger partial charge in [-0.1, -0.05) is 17.7 Å². The van der Waals surface area contributed by atoms with E-state index in [1.807, 2.05) is 6.92 Å². The molecule has 1 fully saturated rings. The highest BCUT2D eigenvalue weighted by Gasteiger charge is 2.44. The number of nitrogens with zero attached hydrogens (tertiary/aromatic N) is 1. The Bertz CT molecular complexity index is 1030. The zero-order chi connectivity index (χ0) is 21.2.